The van der Waals surface area contributed by atoms with Crippen molar-refractivity contribution in [1.29, 1.82) is 0 Å². The van der Waals surface area contributed by atoms with Gasteiger partial charge in [-0.1, -0.05) is 18.2 Å². The van der Waals surface area contributed by atoms with Gasteiger partial charge in [-0.15, -0.1) is 0 Å². The number of pyridine rings is 1. The van der Waals surface area contributed by atoms with Crippen LogP contribution in [0.2, 0.25) is 0 Å². The lowest BCUT2D eigenvalue weighted by molar-refractivity contribution is 0.242. The predicted octanol–water partition coefficient (Wildman–Crippen LogP) is 3.20. The molecule has 2 aromatic heterocycles. The summed E-state index contributed by atoms with van der Waals surface area (Å²) in [5, 5.41) is 4.86. The number of hydrogen-bond donors (Lipinski definition) is 0. The molecule has 1 aliphatic heterocycles. The summed E-state index contributed by atoms with van der Waals surface area (Å²) in [4.78, 5) is 9.08. The van der Waals surface area contributed by atoms with Gasteiger partial charge in [-0.05, 0) is 48.7 Å². The Bertz CT molecular complexity index is 898. The van der Waals surface area contributed by atoms with E-state index < -0.39 is 0 Å². The first-order valence-electron chi connectivity index (χ1n) is 9.09. The molecule has 0 aliphatic carbocycles. The van der Waals surface area contributed by atoms with Crippen molar-refractivity contribution in [2.45, 2.75) is 26.4 Å². The van der Waals surface area contributed by atoms with Crippen molar-refractivity contribution in [2.24, 2.45) is 0 Å². The maximum atomic E-state index is 4.86. The second kappa shape index (κ2) is 6.92. The molecule has 1 aromatic carbocycles. The van der Waals surface area contributed by atoms with Gasteiger partial charge in [0.2, 0.25) is 0 Å². The average molecular weight is 347 g/mol. The number of aromatic nitrogens is 3. The molecule has 4 rings (SSSR count). The van der Waals surface area contributed by atoms with Crippen molar-refractivity contribution in [1.82, 2.24) is 19.7 Å². The molecule has 0 saturated carbocycles. The topological polar surface area (TPSA) is 37.2 Å². The Kier molecular flexibility index (Phi) is 4.47. The molecule has 0 N–H and O–H groups in total. The third-order valence-electron chi connectivity index (χ3n) is 5.07. The molecular weight excluding hydrogens is 322 g/mol. The van der Waals surface area contributed by atoms with Crippen LogP contribution in [0.5, 0.6) is 0 Å². The van der Waals surface area contributed by atoms with Crippen molar-refractivity contribution in [2.75, 3.05) is 25.5 Å². The highest BCUT2D eigenvalue weighted by Gasteiger charge is 2.23. The van der Waals surface area contributed by atoms with Gasteiger partial charge in [0.15, 0.2) is 5.82 Å². The van der Waals surface area contributed by atoms with Gasteiger partial charge in [-0.25, -0.2) is 9.67 Å². The SMILES string of the molecule is Cc1c2c(nn1-c1ccccn1)CN(Cc1cccc(N(C)C)c1)CC2. The summed E-state index contributed by atoms with van der Waals surface area (Å²) in [5.41, 5.74) is 6.38. The van der Waals surface area contributed by atoms with Crippen LogP contribution in [0.4, 0.5) is 5.69 Å². The normalized spacial score (nSPS) is 14.3. The highest BCUT2D eigenvalue weighted by molar-refractivity contribution is 5.47. The number of benzene rings is 1. The molecule has 1 aliphatic rings. The molecule has 0 amide bonds. The van der Waals surface area contributed by atoms with Gasteiger partial charge in [0, 0.05) is 51.3 Å². The van der Waals surface area contributed by atoms with E-state index in [2.05, 4.69) is 60.1 Å². The fourth-order valence-corrected chi connectivity index (χ4v) is 3.63. The average Bonchev–Trinajstić information content (AvgIpc) is 2.99. The van der Waals surface area contributed by atoms with Gasteiger partial charge in [-0.2, -0.15) is 5.10 Å². The molecule has 0 radical (unpaired) electrons. The van der Waals surface area contributed by atoms with Crippen molar-refractivity contribution >= 4 is 5.69 Å². The van der Waals surface area contributed by atoms with Gasteiger partial charge >= 0.3 is 0 Å². The maximum Gasteiger partial charge on any atom is 0.153 e. The molecule has 5 nitrogen and oxygen atoms in total. The Morgan fingerprint density at radius 3 is 2.77 bits per heavy atom. The van der Waals surface area contributed by atoms with Crippen molar-refractivity contribution < 1.29 is 0 Å². The minimum Gasteiger partial charge on any atom is -0.378 e. The fraction of sp³-hybridized carbons (Fsp3) is 0.333. The van der Waals surface area contributed by atoms with E-state index in [-0.39, 0.29) is 0 Å². The molecule has 0 unspecified atom stereocenters. The third kappa shape index (κ3) is 3.22. The number of hydrogen-bond acceptors (Lipinski definition) is 4. The van der Waals surface area contributed by atoms with Crippen LogP contribution in [0.25, 0.3) is 5.82 Å². The van der Waals surface area contributed by atoms with E-state index in [9.17, 15) is 0 Å². The van der Waals surface area contributed by atoms with E-state index in [1.54, 1.807) is 0 Å². The van der Waals surface area contributed by atoms with Crippen LogP contribution in [-0.4, -0.2) is 40.3 Å². The van der Waals surface area contributed by atoms with Crippen LogP contribution in [0.1, 0.15) is 22.5 Å². The van der Waals surface area contributed by atoms with Gasteiger partial charge in [0.1, 0.15) is 0 Å². The molecule has 3 aromatic rings. The summed E-state index contributed by atoms with van der Waals surface area (Å²) in [7, 11) is 4.17. The largest absolute Gasteiger partial charge is 0.378 e. The fourth-order valence-electron chi connectivity index (χ4n) is 3.63. The third-order valence-corrected chi connectivity index (χ3v) is 5.07. The predicted molar refractivity (Wildman–Crippen MR) is 105 cm³/mol. The van der Waals surface area contributed by atoms with E-state index >= 15 is 0 Å². The second-order valence-corrected chi connectivity index (χ2v) is 7.14. The van der Waals surface area contributed by atoms with Crippen molar-refractivity contribution in [3.63, 3.8) is 0 Å². The zero-order chi connectivity index (χ0) is 18.1. The number of anilines is 1. The molecule has 5 heteroatoms. The number of nitrogens with zero attached hydrogens (tertiary/aromatic N) is 5. The summed E-state index contributed by atoms with van der Waals surface area (Å²) in [6.45, 7) is 5.06. The molecule has 0 bridgehead atoms. The van der Waals surface area contributed by atoms with E-state index in [0.717, 1.165) is 31.9 Å². The summed E-state index contributed by atoms with van der Waals surface area (Å²) in [5.74, 6) is 0.893. The van der Waals surface area contributed by atoms with E-state index in [0.29, 0.717) is 0 Å². The minimum atomic E-state index is 0.891. The lowest BCUT2D eigenvalue weighted by Crippen LogP contribution is -2.30. The minimum absolute atomic E-state index is 0.891. The number of rotatable bonds is 4. The molecule has 26 heavy (non-hydrogen) atoms. The molecule has 0 atom stereocenters. The Morgan fingerprint density at radius 2 is 2.00 bits per heavy atom. The first kappa shape index (κ1) is 16.8. The molecular formula is C21H25N5. The second-order valence-electron chi connectivity index (χ2n) is 7.14. The zero-order valence-electron chi connectivity index (χ0n) is 15.7. The lowest BCUT2D eigenvalue weighted by atomic mass is 10.0. The maximum absolute atomic E-state index is 4.86. The standard InChI is InChI=1S/C21H25N5/c1-16-19-10-12-25(14-17-7-6-8-18(13-17)24(2)3)15-20(19)23-26(16)21-9-4-5-11-22-21/h4-9,11,13H,10,12,14-15H2,1-3H3. The van der Waals surface area contributed by atoms with E-state index in [4.69, 9.17) is 5.10 Å². The van der Waals surface area contributed by atoms with Crippen LogP contribution in [-0.2, 0) is 19.5 Å². The highest BCUT2D eigenvalue weighted by Crippen LogP contribution is 2.25. The first-order chi connectivity index (χ1) is 12.6. The first-order valence-corrected chi connectivity index (χ1v) is 9.09. The van der Waals surface area contributed by atoms with E-state index in [1.807, 2.05) is 29.1 Å². The lowest BCUT2D eigenvalue weighted by Gasteiger charge is -2.26. The van der Waals surface area contributed by atoms with E-state index in [1.165, 1.54) is 28.2 Å². The zero-order valence-corrected chi connectivity index (χ0v) is 15.7. The number of fused-ring (bicyclic) bond motifs is 1. The Balaban J connectivity index is 1.54. The monoisotopic (exact) mass is 347 g/mol. The molecule has 3 heterocycles. The van der Waals surface area contributed by atoms with Gasteiger partial charge in [-0.3, -0.25) is 4.90 Å². The van der Waals surface area contributed by atoms with Crippen molar-refractivity contribution in [3.05, 3.63) is 71.2 Å². The van der Waals surface area contributed by atoms with Crippen LogP contribution >= 0.6 is 0 Å². The Labute approximate surface area is 154 Å². The van der Waals surface area contributed by atoms with Gasteiger partial charge in [0.05, 0.1) is 5.69 Å². The Hall–Kier alpha value is -2.66. The summed E-state index contributed by atoms with van der Waals surface area (Å²) < 4.78 is 1.99. The van der Waals surface area contributed by atoms with Crippen LogP contribution < -0.4 is 4.90 Å². The Morgan fingerprint density at radius 1 is 1.12 bits per heavy atom. The summed E-state index contributed by atoms with van der Waals surface area (Å²) in [6, 6.07) is 14.7. The van der Waals surface area contributed by atoms with Gasteiger partial charge < -0.3 is 4.90 Å². The molecule has 0 saturated heterocycles. The van der Waals surface area contributed by atoms with Crippen LogP contribution in [0, 0.1) is 6.92 Å². The summed E-state index contributed by atoms with van der Waals surface area (Å²) in [6.07, 6.45) is 2.86. The summed E-state index contributed by atoms with van der Waals surface area (Å²) >= 11 is 0. The molecule has 0 fully saturated rings. The molecule has 0 spiro atoms. The highest BCUT2D eigenvalue weighted by atomic mass is 15.3. The van der Waals surface area contributed by atoms with Crippen molar-refractivity contribution in [3.8, 4) is 5.82 Å². The molecule has 134 valence electrons. The quantitative estimate of drug-likeness (QED) is 0.726. The smallest absolute Gasteiger partial charge is 0.153 e. The van der Waals surface area contributed by atoms with Crippen LogP contribution in [0.15, 0.2) is 48.7 Å². The van der Waals surface area contributed by atoms with Gasteiger partial charge in [0.25, 0.3) is 0 Å². The van der Waals surface area contributed by atoms with Crippen LogP contribution in [0.3, 0.4) is 0 Å².